The topological polar surface area (TPSA) is 113 Å². The average molecular weight is 401 g/mol. The maximum atomic E-state index is 10.7. The molecule has 3 heterocycles. The van der Waals surface area contributed by atoms with Gasteiger partial charge in [-0.15, -0.1) is 0 Å². The number of rotatable bonds is 0. The van der Waals surface area contributed by atoms with E-state index in [-0.39, 0.29) is 39.4 Å². The monoisotopic (exact) mass is 401 g/mol. The fraction of sp³-hybridized carbons (Fsp3) is 0.235. The number of nitrogens with one attached hydrogen (secondary N) is 1. The summed E-state index contributed by atoms with van der Waals surface area (Å²) in [4.78, 5) is 27.9. The summed E-state index contributed by atoms with van der Waals surface area (Å²) in [6.45, 7) is 3.38. The van der Waals surface area contributed by atoms with Crippen molar-refractivity contribution in [3.05, 3.63) is 75.1 Å². The van der Waals surface area contributed by atoms with Crippen LogP contribution in [0.4, 0.5) is 0 Å². The summed E-state index contributed by atoms with van der Waals surface area (Å²) in [6.07, 6.45) is 8.33. The van der Waals surface area contributed by atoms with Gasteiger partial charge in [0.1, 0.15) is 0 Å². The number of pyridine rings is 2. The van der Waals surface area contributed by atoms with Crippen molar-refractivity contribution in [3.8, 4) is 11.5 Å². The van der Waals surface area contributed by atoms with Gasteiger partial charge in [0.25, 0.3) is 0 Å². The third-order valence-electron chi connectivity index (χ3n) is 3.52. The Kier molecular flexibility index (Phi) is 9.80. The SMILES string of the molecule is Cc1c(O)c(=O)ccn1C.Cc1c(O)c(=O)ccn1C.[Mn].c1c[nH]cn1. The van der Waals surface area contributed by atoms with Crippen LogP contribution in [0.25, 0.3) is 0 Å². The Labute approximate surface area is 161 Å². The molecule has 0 bridgehead atoms. The van der Waals surface area contributed by atoms with Gasteiger partial charge in [-0.2, -0.15) is 0 Å². The summed E-state index contributed by atoms with van der Waals surface area (Å²) in [7, 11) is 3.54. The molecule has 0 saturated carbocycles. The number of hydrogen-bond donors (Lipinski definition) is 3. The molecule has 3 aromatic rings. The van der Waals surface area contributed by atoms with Gasteiger partial charge < -0.3 is 24.3 Å². The molecule has 0 unspecified atom stereocenters. The third-order valence-corrected chi connectivity index (χ3v) is 3.52. The molecule has 3 aromatic heterocycles. The van der Waals surface area contributed by atoms with Crippen LogP contribution in [0.15, 0.2) is 52.8 Å². The van der Waals surface area contributed by atoms with Crippen LogP contribution in [0.2, 0.25) is 0 Å². The Bertz CT molecular complexity index is 837. The Morgan fingerprint density at radius 2 is 1.35 bits per heavy atom. The molecule has 141 valence electrons. The van der Waals surface area contributed by atoms with Crippen molar-refractivity contribution in [2.45, 2.75) is 13.8 Å². The summed E-state index contributed by atoms with van der Waals surface area (Å²) in [5.41, 5.74) is 0.534. The van der Waals surface area contributed by atoms with Crippen LogP contribution in [0.1, 0.15) is 11.4 Å². The summed E-state index contributed by atoms with van der Waals surface area (Å²) >= 11 is 0. The first kappa shape index (κ1) is 23.2. The number of aromatic hydroxyl groups is 2. The molecule has 3 rings (SSSR count). The van der Waals surface area contributed by atoms with Crippen molar-refractivity contribution in [2.75, 3.05) is 0 Å². The van der Waals surface area contributed by atoms with E-state index in [4.69, 9.17) is 10.2 Å². The Balaban J connectivity index is 0.000000372. The number of aromatic amines is 1. The third kappa shape index (κ3) is 6.62. The zero-order valence-corrected chi connectivity index (χ0v) is 16.2. The van der Waals surface area contributed by atoms with Crippen molar-refractivity contribution in [2.24, 2.45) is 14.1 Å². The van der Waals surface area contributed by atoms with E-state index in [1.807, 2.05) is 0 Å². The van der Waals surface area contributed by atoms with Crippen LogP contribution in [0.3, 0.4) is 0 Å². The summed E-state index contributed by atoms with van der Waals surface area (Å²) in [5.74, 6) is -0.324. The van der Waals surface area contributed by atoms with Crippen molar-refractivity contribution >= 4 is 0 Å². The van der Waals surface area contributed by atoms with E-state index >= 15 is 0 Å². The molecule has 0 aliphatic heterocycles. The van der Waals surface area contributed by atoms with Crippen LogP contribution in [-0.4, -0.2) is 29.3 Å². The molecule has 0 spiro atoms. The van der Waals surface area contributed by atoms with E-state index in [2.05, 4.69) is 9.97 Å². The molecule has 0 amide bonds. The Morgan fingerprint density at radius 1 is 0.923 bits per heavy atom. The van der Waals surface area contributed by atoms with Gasteiger partial charge in [0.05, 0.1) is 17.7 Å². The first-order valence-electron chi connectivity index (χ1n) is 7.38. The molecule has 0 aromatic carbocycles. The van der Waals surface area contributed by atoms with Crippen LogP contribution >= 0.6 is 0 Å². The summed E-state index contributed by atoms with van der Waals surface area (Å²) in [6, 6.07) is 2.67. The average Bonchev–Trinajstić information content (AvgIpc) is 3.18. The Morgan fingerprint density at radius 3 is 1.58 bits per heavy atom. The standard InChI is InChI=1S/2C7H9NO2.C3H4N2.Mn/c2*1-5-7(10)6(9)3-4-8(5)2;1-2-5-3-4-1;/h2*3-4,10H,1-2H3;1-3H,(H,4,5);. The molecular formula is C17H22MnN4O4. The predicted molar refractivity (Wildman–Crippen MR) is 94.8 cm³/mol. The molecule has 9 heteroatoms. The molecule has 0 aliphatic rings. The number of hydrogen-bond acceptors (Lipinski definition) is 5. The minimum absolute atomic E-state index is 0. The minimum atomic E-state index is -0.324. The molecular weight excluding hydrogens is 379 g/mol. The molecule has 8 nitrogen and oxygen atoms in total. The van der Waals surface area contributed by atoms with Gasteiger partial charge in [-0.1, -0.05) is 0 Å². The van der Waals surface area contributed by atoms with E-state index in [0.29, 0.717) is 11.4 Å². The van der Waals surface area contributed by atoms with Crippen LogP contribution in [0, 0.1) is 13.8 Å². The smallest absolute Gasteiger partial charge is 0.223 e. The predicted octanol–water partition coefficient (Wildman–Crippen LogP) is 1.21. The first-order valence-corrected chi connectivity index (χ1v) is 7.38. The van der Waals surface area contributed by atoms with Gasteiger partial charge in [-0.3, -0.25) is 9.59 Å². The molecule has 0 fully saturated rings. The Hall–Kier alpha value is -2.77. The molecule has 0 aliphatic carbocycles. The first-order chi connectivity index (χ1) is 11.8. The van der Waals surface area contributed by atoms with Gasteiger partial charge in [0, 0.05) is 68.1 Å². The molecule has 3 N–H and O–H groups in total. The second-order valence-corrected chi connectivity index (χ2v) is 5.21. The number of aromatic nitrogens is 4. The van der Waals surface area contributed by atoms with Gasteiger partial charge in [0.2, 0.25) is 10.9 Å². The number of nitrogens with zero attached hydrogens (tertiary/aromatic N) is 3. The van der Waals surface area contributed by atoms with Crippen LogP contribution in [0.5, 0.6) is 11.5 Å². The van der Waals surface area contributed by atoms with Crippen molar-refractivity contribution < 1.29 is 27.3 Å². The number of imidazole rings is 1. The van der Waals surface area contributed by atoms with Gasteiger partial charge >= 0.3 is 0 Å². The maximum Gasteiger partial charge on any atom is 0.223 e. The largest absolute Gasteiger partial charge is 0.503 e. The van der Waals surface area contributed by atoms with Gasteiger partial charge in [-0.25, -0.2) is 4.98 Å². The van der Waals surface area contributed by atoms with Crippen molar-refractivity contribution in [3.63, 3.8) is 0 Å². The molecule has 1 radical (unpaired) electrons. The fourth-order valence-corrected chi connectivity index (χ4v) is 1.65. The second-order valence-electron chi connectivity index (χ2n) is 5.21. The quantitative estimate of drug-likeness (QED) is 0.490. The zero-order valence-electron chi connectivity index (χ0n) is 15.0. The van der Waals surface area contributed by atoms with Crippen molar-refractivity contribution in [1.29, 1.82) is 0 Å². The van der Waals surface area contributed by atoms with E-state index in [1.165, 1.54) is 12.1 Å². The minimum Gasteiger partial charge on any atom is -0.503 e. The summed E-state index contributed by atoms with van der Waals surface area (Å²) in [5, 5.41) is 18.1. The molecule has 0 atom stereocenters. The maximum absolute atomic E-state index is 10.7. The second kappa shape index (κ2) is 11.0. The zero-order chi connectivity index (χ0) is 19.0. The number of H-pyrrole nitrogens is 1. The van der Waals surface area contributed by atoms with Crippen molar-refractivity contribution in [1.82, 2.24) is 19.1 Å². The van der Waals surface area contributed by atoms with Gasteiger partial charge in [-0.05, 0) is 13.8 Å². The van der Waals surface area contributed by atoms with E-state index in [9.17, 15) is 9.59 Å². The fourth-order valence-electron chi connectivity index (χ4n) is 1.65. The van der Waals surface area contributed by atoms with Crippen LogP contribution in [-0.2, 0) is 31.2 Å². The number of aryl methyl sites for hydroxylation is 2. The summed E-state index contributed by atoms with van der Waals surface area (Å²) < 4.78 is 3.38. The van der Waals surface area contributed by atoms with E-state index < -0.39 is 0 Å². The molecule has 26 heavy (non-hydrogen) atoms. The normalized spacial score (nSPS) is 9.08. The van der Waals surface area contributed by atoms with Gasteiger partial charge in [0.15, 0.2) is 11.5 Å². The van der Waals surface area contributed by atoms with E-state index in [0.717, 1.165) is 0 Å². The molecule has 0 saturated heterocycles. The van der Waals surface area contributed by atoms with E-state index in [1.54, 1.807) is 68.2 Å². The van der Waals surface area contributed by atoms with Crippen LogP contribution < -0.4 is 10.9 Å².